The highest BCUT2D eigenvalue weighted by Gasteiger charge is 2.08. The molecule has 0 bridgehead atoms. The van der Waals surface area contributed by atoms with Crippen molar-refractivity contribution in [2.45, 2.75) is 17.7 Å². The molecule has 0 aliphatic heterocycles. The van der Waals surface area contributed by atoms with Gasteiger partial charge in [0.05, 0.1) is 17.3 Å². The average molecular weight is 307 g/mol. The molecule has 0 saturated heterocycles. The van der Waals surface area contributed by atoms with E-state index in [0.717, 1.165) is 6.26 Å². The lowest BCUT2D eigenvalue weighted by molar-refractivity contribution is 0.309. The van der Waals surface area contributed by atoms with Crippen LogP contribution in [0.2, 0.25) is 0 Å². The van der Waals surface area contributed by atoms with Crippen molar-refractivity contribution in [2.24, 2.45) is 5.14 Å². The van der Waals surface area contributed by atoms with Crippen molar-refractivity contribution in [3.63, 3.8) is 0 Å². The SMILES string of the molecule is CS(=O)(=O)c1cccc(OCCCCS(N)(=O)=O)c1. The minimum atomic E-state index is -3.43. The molecule has 2 N–H and O–H groups in total. The molecule has 0 amide bonds. The van der Waals surface area contributed by atoms with Gasteiger partial charge in [-0.05, 0) is 31.0 Å². The topological polar surface area (TPSA) is 104 Å². The summed E-state index contributed by atoms with van der Waals surface area (Å²) in [5, 5.41) is 4.86. The summed E-state index contributed by atoms with van der Waals surface area (Å²) in [5.41, 5.74) is 0. The third-order valence-corrected chi connectivity index (χ3v) is 4.29. The molecule has 6 nitrogen and oxygen atoms in total. The Labute approximate surface area is 113 Å². The lowest BCUT2D eigenvalue weighted by Crippen LogP contribution is -2.16. The second-order valence-electron chi connectivity index (χ2n) is 4.17. The van der Waals surface area contributed by atoms with Crippen molar-refractivity contribution in [2.75, 3.05) is 18.6 Å². The van der Waals surface area contributed by atoms with Crippen molar-refractivity contribution in [1.82, 2.24) is 0 Å². The van der Waals surface area contributed by atoms with Gasteiger partial charge in [0, 0.05) is 6.26 Å². The summed E-state index contributed by atoms with van der Waals surface area (Å²) in [6.45, 7) is 0.308. The number of ether oxygens (including phenoxy) is 1. The zero-order valence-electron chi connectivity index (χ0n) is 10.6. The highest BCUT2D eigenvalue weighted by Crippen LogP contribution is 2.17. The van der Waals surface area contributed by atoms with Crippen LogP contribution in [0.25, 0.3) is 0 Å². The maximum Gasteiger partial charge on any atom is 0.209 e. The lowest BCUT2D eigenvalue weighted by Gasteiger charge is -2.07. The Morgan fingerprint density at radius 2 is 1.84 bits per heavy atom. The van der Waals surface area contributed by atoms with Crippen LogP contribution in [0.15, 0.2) is 29.2 Å². The first-order chi connectivity index (χ1) is 8.68. The first-order valence-corrected chi connectivity index (χ1v) is 9.22. The van der Waals surface area contributed by atoms with E-state index in [9.17, 15) is 16.8 Å². The van der Waals surface area contributed by atoms with Gasteiger partial charge in [0.1, 0.15) is 5.75 Å². The van der Waals surface area contributed by atoms with E-state index < -0.39 is 19.9 Å². The zero-order chi connectivity index (χ0) is 14.5. The Morgan fingerprint density at radius 3 is 2.42 bits per heavy atom. The van der Waals surface area contributed by atoms with E-state index in [1.54, 1.807) is 12.1 Å². The first-order valence-electron chi connectivity index (χ1n) is 5.62. The second kappa shape index (κ2) is 6.36. The Balaban J connectivity index is 2.47. The maximum absolute atomic E-state index is 11.3. The number of rotatable bonds is 7. The number of hydrogen-bond acceptors (Lipinski definition) is 5. The van der Waals surface area contributed by atoms with Crippen LogP contribution < -0.4 is 9.88 Å². The largest absolute Gasteiger partial charge is 0.494 e. The quantitative estimate of drug-likeness (QED) is 0.740. The van der Waals surface area contributed by atoms with Crippen molar-refractivity contribution < 1.29 is 21.6 Å². The highest BCUT2D eigenvalue weighted by molar-refractivity contribution is 7.90. The van der Waals surface area contributed by atoms with Gasteiger partial charge in [-0.15, -0.1) is 0 Å². The molecule has 0 heterocycles. The Bertz CT molecular complexity index is 622. The van der Waals surface area contributed by atoms with E-state index in [1.165, 1.54) is 12.1 Å². The summed E-state index contributed by atoms with van der Waals surface area (Å²) in [4.78, 5) is 0.189. The fourth-order valence-corrected chi connectivity index (χ4v) is 2.65. The molecule has 0 fully saturated rings. The Morgan fingerprint density at radius 1 is 1.16 bits per heavy atom. The van der Waals surface area contributed by atoms with Gasteiger partial charge in [-0.2, -0.15) is 0 Å². The van der Waals surface area contributed by atoms with Crippen LogP contribution in [0.1, 0.15) is 12.8 Å². The number of hydrogen-bond donors (Lipinski definition) is 1. The molecule has 1 rings (SSSR count). The molecule has 1 aromatic rings. The van der Waals surface area contributed by atoms with Gasteiger partial charge in [0.2, 0.25) is 10.0 Å². The van der Waals surface area contributed by atoms with Crippen LogP contribution in [0.3, 0.4) is 0 Å². The van der Waals surface area contributed by atoms with Crippen LogP contribution in [0.4, 0.5) is 0 Å². The van der Waals surface area contributed by atoms with E-state index in [-0.39, 0.29) is 10.6 Å². The molecule has 0 atom stereocenters. The predicted molar refractivity (Wildman–Crippen MR) is 72.3 cm³/mol. The smallest absolute Gasteiger partial charge is 0.209 e. The van der Waals surface area contributed by atoms with Gasteiger partial charge >= 0.3 is 0 Å². The molecule has 0 radical (unpaired) electrons. The fourth-order valence-electron chi connectivity index (χ4n) is 1.39. The molecule has 19 heavy (non-hydrogen) atoms. The van der Waals surface area contributed by atoms with Crippen LogP contribution in [-0.2, 0) is 19.9 Å². The molecule has 1 aromatic carbocycles. The number of primary sulfonamides is 1. The third-order valence-electron chi connectivity index (χ3n) is 2.33. The molecule has 0 aliphatic rings. The van der Waals surface area contributed by atoms with E-state index >= 15 is 0 Å². The number of sulfone groups is 1. The molecule has 0 spiro atoms. The van der Waals surface area contributed by atoms with Gasteiger partial charge in [-0.3, -0.25) is 0 Å². The summed E-state index contributed by atoms with van der Waals surface area (Å²) >= 11 is 0. The van der Waals surface area contributed by atoms with E-state index in [0.29, 0.717) is 25.2 Å². The van der Waals surface area contributed by atoms with Gasteiger partial charge < -0.3 is 4.74 Å². The number of benzene rings is 1. The minimum Gasteiger partial charge on any atom is -0.494 e. The van der Waals surface area contributed by atoms with Crippen molar-refractivity contribution in [3.8, 4) is 5.75 Å². The summed E-state index contributed by atoms with van der Waals surface area (Å²) in [7, 11) is -6.69. The molecule has 108 valence electrons. The van der Waals surface area contributed by atoms with Crippen LogP contribution >= 0.6 is 0 Å². The van der Waals surface area contributed by atoms with Gasteiger partial charge in [0.25, 0.3) is 0 Å². The highest BCUT2D eigenvalue weighted by atomic mass is 32.2. The van der Waals surface area contributed by atoms with Gasteiger partial charge in [-0.1, -0.05) is 6.07 Å². The summed E-state index contributed by atoms with van der Waals surface area (Å²) < 4.78 is 49.4. The number of nitrogens with two attached hydrogens (primary N) is 1. The maximum atomic E-state index is 11.3. The van der Waals surface area contributed by atoms with Gasteiger partial charge in [0.15, 0.2) is 9.84 Å². The van der Waals surface area contributed by atoms with Crippen LogP contribution in [0.5, 0.6) is 5.75 Å². The molecule has 0 saturated carbocycles. The molecule has 0 unspecified atom stereocenters. The molecule has 0 aromatic heterocycles. The third kappa shape index (κ3) is 6.55. The summed E-state index contributed by atoms with van der Waals surface area (Å²) in [6, 6.07) is 6.17. The zero-order valence-corrected chi connectivity index (χ0v) is 12.2. The van der Waals surface area contributed by atoms with E-state index in [2.05, 4.69) is 0 Å². The van der Waals surface area contributed by atoms with Crippen molar-refractivity contribution in [1.29, 1.82) is 0 Å². The lowest BCUT2D eigenvalue weighted by atomic mass is 10.3. The van der Waals surface area contributed by atoms with E-state index in [1.807, 2.05) is 0 Å². The molecule has 8 heteroatoms. The molecule has 0 aliphatic carbocycles. The molecular formula is C11H17NO5S2. The Hall–Kier alpha value is -1.12. The van der Waals surface area contributed by atoms with E-state index in [4.69, 9.17) is 9.88 Å². The van der Waals surface area contributed by atoms with Crippen LogP contribution in [-0.4, -0.2) is 35.5 Å². The second-order valence-corrected chi connectivity index (χ2v) is 7.92. The van der Waals surface area contributed by atoms with Crippen LogP contribution in [0, 0.1) is 0 Å². The van der Waals surface area contributed by atoms with Crippen molar-refractivity contribution in [3.05, 3.63) is 24.3 Å². The summed E-state index contributed by atoms with van der Waals surface area (Å²) in [5.74, 6) is 0.359. The van der Waals surface area contributed by atoms with Crippen molar-refractivity contribution >= 4 is 19.9 Å². The standard InChI is InChI=1S/C11H17NO5S2/c1-18(13,14)11-6-4-5-10(9-11)17-7-2-3-8-19(12,15)16/h4-6,9H,2-3,7-8H2,1H3,(H2,12,15,16). The average Bonchev–Trinajstić information content (AvgIpc) is 2.26. The number of sulfonamides is 1. The Kier molecular flexibility index (Phi) is 5.33. The monoisotopic (exact) mass is 307 g/mol. The fraction of sp³-hybridized carbons (Fsp3) is 0.455. The minimum absolute atomic E-state index is 0.0836. The number of unbranched alkanes of at least 4 members (excludes halogenated alkanes) is 1. The van der Waals surface area contributed by atoms with Gasteiger partial charge in [-0.25, -0.2) is 22.0 Å². The molecular weight excluding hydrogens is 290 g/mol. The normalized spacial score (nSPS) is 12.3. The summed E-state index contributed by atoms with van der Waals surface area (Å²) in [6.07, 6.45) is 2.06. The first kappa shape index (κ1) is 15.9. The predicted octanol–water partition coefficient (Wildman–Crippen LogP) is 0.538.